The van der Waals surface area contributed by atoms with Crippen molar-refractivity contribution < 1.29 is 19.1 Å². The van der Waals surface area contributed by atoms with Crippen LogP contribution in [-0.2, 0) is 19.1 Å². The molecule has 1 aliphatic carbocycles. The molecule has 0 saturated heterocycles. The van der Waals surface area contributed by atoms with Gasteiger partial charge in [0.25, 0.3) is 0 Å². The summed E-state index contributed by atoms with van der Waals surface area (Å²) in [7, 11) is 1.42. The van der Waals surface area contributed by atoms with Crippen molar-refractivity contribution in [3.63, 3.8) is 0 Å². The van der Waals surface area contributed by atoms with E-state index in [2.05, 4.69) is 39.8 Å². The number of rotatable bonds is 12. The average molecular weight is 439 g/mol. The van der Waals surface area contributed by atoms with Crippen molar-refractivity contribution in [2.45, 2.75) is 79.6 Å². The minimum absolute atomic E-state index is 0.0675. The van der Waals surface area contributed by atoms with Gasteiger partial charge in [-0.25, -0.2) is 4.79 Å². The highest BCUT2D eigenvalue weighted by molar-refractivity contribution is 6.19. The van der Waals surface area contributed by atoms with Gasteiger partial charge in [-0.3, -0.25) is 9.59 Å². The van der Waals surface area contributed by atoms with Crippen molar-refractivity contribution in [1.82, 2.24) is 0 Å². The second-order valence-electron chi connectivity index (χ2n) is 8.65. The zero-order chi connectivity index (χ0) is 24.1. The summed E-state index contributed by atoms with van der Waals surface area (Å²) < 4.78 is 4.91. The monoisotopic (exact) mass is 438 g/mol. The highest BCUT2D eigenvalue weighted by Gasteiger charge is 2.16. The smallest absolute Gasteiger partial charge is 0.333 e. The fraction of sp³-hybridized carbons (Fsp3) is 0.464. The molecular formula is C28H38O4. The molecule has 0 aromatic rings. The molecule has 0 atom stereocenters. The number of ketones is 2. The molecular weight excluding hydrogens is 400 g/mol. The first-order chi connectivity index (χ1) is 15.1. The van der Waals surface area contributed by atoms with E-state index in [0.717, 1.165) is 37.7 Å². The van der Waals surface area contributed by atoms with Crippen LogP contribution < -0.4 is 0 Å². The van der Waals surface area contributed by atoms with E-state index in [1.807, 2.05) is 12.2 Å². The summed E-state index contributed by atoms with van der Waals surface area (Å²) in [5, 5.41) is 0. The van der Waals surface area contributed by atoms with Crippen LogP contribution in [0.1, 0.15) is 79.6 Å². The normalized spacial score (nSPS) is 15.4. The summed E-state index contributed by atoms with van der Waals surface area (Å²) in [4.78, 5) is 35.7. The summed E-state index contributed by atoms with van der Waals surface area (Å²) in [6, 6.07) is 0. The van der Waals surface area contributed by atoms with Gasteiger partial charge in [-0.05, 0) is 91.7 Å². The molecule has 0 heterocycles. The summed E-state index contributed by atoms with van der Waals surface area (Å²) in [5.41, 5.74) is 5.55. The average Bonchev–Trinajstić information content (AvgIpc) is 2.73. The number of esters is 1. The molecule has 32 heavy (non-hydrogen) atoms. The molecule has 0 radical (unpaired) electrons. The molecule has 0 unspecified atom stereocenters. The van der Waals surface area contributed by atoms with Crippen molar-refractivity contribution >= 4 is 17.5 Å². The van der Waals surface area contributed by atoms with Crippen LogP contribution >= 0.6 is 0 Å². The summed E-state index contributed by atoms with van der Waals surface area (Å²) in [6.07, 6.45) is 16.9. The van der Waals surface area contributed by atoms with E-state index in [0.29, 0.717) is 24.0 Å². The number of hydrogen-bond donors (Lipinski definition) is 0. The lowest BCUT2D eigenvalue weighted by Gasteiger charge is -2.08. The van der Waals surface area contributed by atoms with E-state index in [9.17, 15) is 14.4 Å². The lowest BCUT2D eigenvalue weighted by molar-refractivity contribution is -0.136. The van der Waals surface area contributed by atoms with Crippen LogP contribution in [0, 0.1) is 0 Å². The highest BCUT2D eigenvalue weighted by Crippen LogP contribution is 2.18. The topological polar surface area (TPSA) is 60.4 Å². The molecule has 1 aliphatic rings. The number of ether oxygens (including phenoxy) is 1. The van der Waals surface area contributed by atoms with E-state index in [4.69, 9.17) is 4.74 Å². The Bertz CT molecular complexity index is 884. The van der Waals surface area contributed by atoms with Gasteiger partial charge in [-0.1, -0.05) is 41.0 Å². The van der Waals surface area contributed by atoms with Gasteiger partial charge in [0.1, 0.15) is 0 Å². The van der Waals surface area contributed by atoms with Crippen LogP contribution in [0.15, 0.2) is 69.9 Å². The number of carbonyl (C=O) groups excluding carboxylic acids is 3. The largest absolute Gasteiger partial charge is 0.466 e. The molecule has 0 bridgehead atoms. The summed E-state index contributed by atoms with van der Waals surface area (Å²) >= 11 is 0. The zero-order valence-corrected chi connectivity index (χ0v) is 20.5. The minimum atomic E-state index is -0.242. The third-order valence-electron chi connectivity index (χ3n) is 5.40. The fourth-order valence-corrected chi connectivity index (χ4v) is 3.31. The quantitative estimate of drug-likeness (QED) is 0.147. The molecule has 0 spiro atoms. The molecule has 0 saturated carbocycles. The Hall–Kier alpha value is -2.75. The van der Waals surface area contributed by atoms with E-state index in [1.54, 1.807) is 6.92 Å². The first-order valence-electron chi connectivity index (χ1n) is 11.3. The van der Waals surface area contributed by atoms with Gasteiger partial charge in [0, 0.05) is 16.7 Å². The molecule has 1 rings (SSSR count). The summed E-state index contributed by atoms with van der Waals surface area (Å²) in [6.45, 7) is 9.94. The molecule has 4 heteroatoms. The van der Waals surface area contributed by atoms with E-state index in [-0.39, 0.29) is 17.5 Å². The van der Waals surface area contributed by atoms with E-state index >= 15 is 0 Å². The van der Waals surface area contributed by atoms with Gasteiger partial charge in [-0.15, -0.1) is 0 Å². The molecule has 0 fully saturated rings. The van der Waals surface area contributed by atoms with Crippen LogP contribution in [0.3, 0.4) is 0 Å². The first-order valence-corrected chi connectivity index (χ1v) is 11.3. The number of hydrogen-bond acceptors (Lipinski definition) is 4. The van der Waals surface area contributed by atoms with Gasteiger partial charge in [0.05, 0.1) is 7.11 Å². The molecule has 4 nitrogen and oxygen atoms in total. The minimum Gasteiger partial charge on any atom is -0.466 e. The Kier molecular flexibility index (Phi) is 12.2. The predicted octanol–water partition coefficient (Wildman–Crippen LogP) is 6.70. The third-order valence-corrected chi connectivity index (χ3v) is 5.40. The van der Waals surface area contributed by atoms with Crippen LogP contribution in [0.4, 0.5) is 0 Å². The van der Waals surface area contributed by atoms with Gasteiger partial charge in [-0.2, -0.15) is 0 Å². The van der Waals surface area contributed by atoms with Gasteiger partial charge < -0.3 is 4.74 Å². The van der Waals surface area contributed by atoms with Crippen molar-refractivity contribution in [1.29, 1.82) is 0 Å². The number of methoxy groups -OCH3 is 1. The standard InChI is InChI=1S/C28H38O4/c1-20(2)10-7-14-24(28(31)32-6)15-9-13-21(3)11-8-12-22(4)16-17-25-19-26(29)23(5)18-27(25)30/h10-11,15-16,18-19H,7-9,12-14,17H2,1-6H3/b21-11+,22-16+,24-15-. The molecule has 0 aromatic carbocycles. The Morgan fingerprint density at radius 3 is 2.03 bits per heavy atom. The van der Waals surface area contributed by atoms with Crippen molar-refractivity contribution in [2.75, 3.05) is 7.11 Å². The fourth-order valence-electron chi connectivity index (χ4n) is 3.31. The molecule has 0 aromatic heterocycles. The van der Waals surface area contributed by atoms with Gasteiger partial charge >= 0.3 is 5.97 Å². The number of allylic oxidation sites excluding steroid dienone is 11. The second kappa shape index (κ2) is 14.3. The lowest BCUT2D eigenvalue weighted by Crippen LogP contribution is -2.11. The Morgan fingerprint density at radius 2 is 1.41 bits per heavy atom. The Labute approximate surface area is 193 Å². The van der Waals surface area contributed by atoms with Crippen LogP contribution in [-0.4, -0.2) is 24.6 Å². The molecule has 0 aliphatic heterocycles. The SMILES string of the molecule is COC(=O)/C(=C\CC/C(C)=C/CC/C(C)=C/CC1=CC(=O)C(C)=CC1=O)CCC=C(C)C. The Morgan fingerprint density at radius 1 is 0.812 bits per heavy atom. The second-order valence-corrected chi connectivity index (χ2v) is 8.65. The maximum Gasteiger partial charge on any atom is 0.333 e. The highest BCUT2D eigenvalue weighted by atomic mass is 16.5. The van der Waals surface area contributed by atoms with Gasteiger partial charge in [0.2, 0.25) is 0 Å². The molecule has 0 amide bonds. The van der Waals surface area contributed by atoms with Gasteiger partial charge in [0.15, 0.2) is 11.6 Å². The third kappa shape index (κ3) is 10.5. The molecule has 174 valence electrons. The maximum atomic E-state index is 12.0. The van der Waals surface area contributed by atoms with Crippen LogP contribution in [0.2, 0.25) is 0 Å². The first kappa shape index (κ1) is 27.3. The van der Waals surface area contributed by atoms with Crippen LogP contribution in [0.5, 0.6) is 0 Å². The van der Waals surface area contributed by atoms with Crippen molar-refractivity contribution in [3.05, 3.63) is 69.9 Å². The molecule has 0 N–H and O–H groups in total. The maximum absolute atomic E-state index is 12.0. The Balaban J connectivity index is 2.50. The summed E-state index contributed by atoms with van der Waals surface area (Å²) in [5.74, 6) is -0.388. The number of carbonyl (C=O) groups is 3. The lowest BCUT2D eigenvalue weighted by atomic mass is 9.95. The van der Waals surface area contributed by atoms with E-state index < -0.39 is 0 Å². The van der Waals surface area contributed by atoms with Crippen molar-refractivity contribution in [2.24, 2.45) is 0 Å². The van der Waals surface area contributed by atoms with Crippen LogP contribution in [0.25, 0.3) is 0 Å². The predicted molar refractivity (Wildman–Crippen MR) is 131 cm³/mol. The van der Waals surface area contributed by atoms with Crippen molar-refractivity contribution in [3.8, 4) is 0 Å². The zero-order valence-electron chi connectivity index (χ0n) is 20.5. The van der Waals surface area contributed by atoms with E-state index in [1.165, 1.54) is 36.0 Å².